The molecule has 0 radical (unpaired) electrons. The van der Waals surface area contributed by atoms with Gasteiger partial charge in [-0.3, -0.25) is 0 Å². The summed E-state index contributed by atoms with van der Waals surface area (Å²) in [5.74, 6) is 1.86. The highest BCUT2D eigenvalue weighted by Crippen LogP contribution is 2.39. The van der Waals surface area contributed by atoms with Gasteiger partial charge in [0.05, 0.1) is 0 Å². The molecule has 0 N–H and O–H groups in total. The molecule has 7 aromatic carbocycles. The van der Waals surface area contributed by atoms with Gasteiger partial charge >= 0.3 is 0 Å². The van der Waals surface area contributed by atoms with Crippen LogP contribution in [0.5, 0.6) is 0 Å². The molecule has 4 nitrogen and oxygen atoms in total. The molecule has 0 saturated heterocycles. The molecule has 2 heterocycles. The SMILES string of the molecule is c1ccc(-c2ccc(-c3cccc(-c4ccc5oc6cccc(-c7nc(-c8ccccc8)nc(-c8ccccc8)n7)c6c5c4)c3)cc2)cc1. The molecule has 9 aromatic rings. The summed E-state index contributed by atoms with van der Waals surface area (Å²) in [5, 5.41) is 2.00. The molecule has 0 unspecified atom stereocenters. The minimum atomic E-state index is 0.604. The van der Waals surface area contributed by atoms with Crippen LogP contribution in [-0.2, 0) is 0 Å². The van der Waals surface area contributed by atoms with Crippen LogP contribution in [0.15, 0.2) is 180 Å². The van der Waals surface area contributed by atoms with Gasteiger partial charge in [-0.25, -0.2) is 15.0 Å². The van der Waals surface area contributed by atoms with Crippen molar-refractivity contribution in [3.05, 3.63) is 176 Å². The smallest absolute Gasteiger partial charge is 0.164 e. The second-order valence-corrected chi connectivity index (χ2v) is 12.1. The molecule has 0 spiro atoms. The van der Waals surface area contributed by atoms with Crippen LogP contribution in [0.1, 0.15) is 0 Å². The molecular weight excluding hydrogens is 599 g/mol. The van der Waals surface area contributed by atoms with Crippen molar-refractivity contribution < 1.29 is 4.42 Å². The first kappa shape index (κ1) is 28.6. The van der Waals surface area contributed by atoms with Gasteiger partial charge in [0.2, 0.25) is 0 Å². The quantitative estimate of drug-likeness (QED) is 0.184. The van der Waals surface area contributed by atoms with E-state index in [0.29, 0.717) is 17.5 Å². The molecule has 0 fully saturated rings. The van der Waals surface area contributed by atoms with Gasteiger partial charge in [0.25, 0.3) is 0 Å². The van der Waals surface area contributed by atoms with Crippen LogP contribution < -0.4 is 0 Å². The maximum Gasteiger partial charge on any atom is 0.164 e. The summed E-state index contributed by atoms with van der Waals surface area (Å²) in [7, 11) is 0. The van der Waals surface area contributed by atoms with Crippen molar-refractivity contribution in [1.29, 1.82) is 0 Å². The van der Waals surface area contributed by atoms with Crippen molar-refractivity contribution in [2.45, 2.75) is 0 Å². The van der Waals surface area contributed by atoms with Gasteiger partial charge in [0, 0.05) is 27.5 Å². The number of fused-ring (bicyclic) bond motifs is 3. The zero-order chi connectivity index (χ0) is 32.6. The Morgan fingerprint density at radius 1 is 0.306 bits per heavy atom. The van der Waals surface area contributed by atoms with E-state index in [4.69, 9.17) is 19.4 Å². The largest absolute Gasteiger partial charge is 0.456 e. The van der Waals surface area contributed by atoms with Crippen LogP contribution in [0.3, 0.4) is 0 Å². The zero-order valence-electron chi connectivity index (χ0n) is 26.5. The maximum absolute atomic E-state index is 6.40. The Balaban J connectivity index is 1.15. The first-order valence-corrected chi connectivity index (χ1v) is 16.4. The maximum atomic E-state index is 6.40. The van der Waals surface area contributed by atoms with Crippen molar-refractivity contribution in [3.63, 3.8) is 0 Å². The van der Waals surface area contributed by atoms with Crippen molar-refractivity contribution in [2.24, 2.45) is 0 Å². The first-order chi connectivity index (χ1) is 24.3. The Hall–Kier alpha value is -6.65. The van der Waals surface area contributed by atoms with Crippen LogP contribution in [0.2, 0.25) is 0 Å². The summed E-state index contributed by atoms with van der Waals surface area (Å²) in [6.45, 7) is 0. The molecular formula is C45H29N3O. The number of hydrogen-bond donors (Lipinski definition) is 0. The minimum Gasteiger partial charge on any atom is -0.456 e. The molecule has 4 heteroatoms. The predicted octanol–water partition coefficient (Wildman–Crippen LogP) is 11.8. The molecule has 49 heavy (non-hydrogen) atoms. The Kier molecular flexibility index (Phi) is 7.10. The third-order valence-corrected chi connectivity index (χ3v) is 8.96. The fourth-order valence-electron chi connectivity index (χ4n) is 6.49. The fourth-order valence-corrected chi connectivity index (χ4v) is 6.49. The van der Waals surface area contributed by atoms with E-state index in [-0.39, 0.29) is 0 Å². The van der Waals surface area contributed by atoms with Gasteiger partial charge in [0.15, 0.2) is 17.5 Å². The third kappa shape index (κ3) is 5.45. The van der Waals surface area contributed by atoms with Crippen molar-refractivity contribution in [3.8, 4) is 67.5 Å². The van der Waals surface area contributed by atoms with Crippen LogP contribution in [0.4, 0.5) is 0 Å². The average Bonchev–Trinajstić information content (AvgIpc) is 3.57. The lowest BCUT2D eigenvalue weighted by Crippen LogP contribution is -2.00. The summed E-state index contributed by atoms with van der Waals surface area (Å²) >= 11 is 0. The van der Waals surface area contributed by atoms with Crippen LogP contribution >= 0.6 is 0 Å². The normalized spacial score (nSPS) is 11.3. The standard InChI is InChI=1S/C45H29N3O/c1-4-12-30(13-5-1)31-22-24-32(25-23-31)35-18-10-19-36(28-35)37-26-27-40-39(29-37)42-38(20-11-21-41(42)49-40)45-47-43(33-14-6-2-7-15-33)46-44(48-45)34-16-8-3-9-17-34/h1-29H. The van der Waals surface area contributed by atoms with Gasteiger partial charge in [-0.15, -0.1) is 0 Å². The van der Waals surface area contributed by atoms with Crippen LogP contribution in [0, 0.1) is 0 Å². The highest BCUT2D eigenvalue weighted by atomic mass is 16.3. The zero-order valence-corrected chi connectivity index (χ0v) is 26.5. The second kappa shape index (κ2) is 12.2. The second-order valence-electron chi connectivity index (χ2n) is 12.1. The van der Waals surface area contributed by atoms with E-state index in [0.717, 1.165) is 49.8 Å². The van der Waals surface area contributed by atoms with Crippen molar-refractivity contribution in [2.75, 3.05) is 0 Å². The Bertz CT molecular complexity index is 2520. The molecule has 230 valence electrons. The predicted molar refractivity (Wildman–Crippen MR) is 200 cm³/mol. The van der Waals surface area contributed by atoms with Crippen molar-refractivity contribution in [1.82, 2.24) is 15.0 Å². The summed E-state index contributed by atoms with van der Waals surface area (Å²) in [6, 6.07) is 60.6. The highest BCUT2D eigenvalue weighted by molar-refractivity contribution is 6.12. The molecule has 9 rings (SSSR count). The number of benzene rings is 7. The van der Waals surface area contributed by atoms with E-state index in [2.05, 4.69) is 97.1 Å². The van der Waals surface area contributed by atoms with E-state index in [1.807, 2.05) is 78.9 Å². The number of nitrogens with zero attached hydrogens (tertiary/aromatic N) is 3. The van der Waals surface area contributed by atoms with Crippen LogP contribution in [-0.4, -0.2) is 15.0 Å². The fraction of sp³-hybridized carbons (Fsp3) is 0. The molecule has 0 bridgehead atoms. The van der Waals surface area contributed by atoms with Gasteiger partial charge < -0.3 is 4.42 Å². The number of furan rings is 1. The van der Waals surface area contributed by atoms with Gasteiger partial charge in [-0.05, 0) is 57.6 Å². The van der Waals surface area contributed by atoms with Gasteiger partial charge in [-0.1, -0.05) is 152 Å². The topological polar surface area (TPSA) is 51.8 Å². The van der Waals surface area contributed by atoms with E-state index >= 15 is 0 Å². The Labute approximate surface area is 284 Å². The lowest BCUT2D eigenvalue weighted by atomic mass is 9.96. The summed E-state index contributed by atoms with van der Waals surface area (Å²) in [5.41, 5.74) is 11.4. The van der Waals surface area contributed by atoms with Gasteiger partial charge in [-0.2, -0.15) is 0 Å². The minimum absolute atomic E-state index is 0.604. The summed E-state index contributed by atoms with van der Waals surface area (Å²) in [4.78, 5) is 14.9. The first-order valence-electron chi connectivity index (χ1n) is 16.4. The van der Waals surface area contributed by atoms with E-state index in [1.165, 1.54) is 22.3 Å². The van der Waals surface area contributed by atoms with E-state index in [9.17, 15) is 0 Å². The Morgan fingerprint density at radius 3 is 1.39 bits per heavy atom. The Morgan fingerprint density at radius 2 is 0.755 bits per heavy atom. The van der Waals surface area contributed by atoms with E-state index < -0.39 is 0 Å². The summed E-state index contributed by atoms with van der Waals surface area (Å²) < 4.78 is 6.40. The monoisotopic (exact) mass is 627 g/mol. The molecule has 0 aliphatic carbocycles. The summed E-state index contributed by atoms with van der Waals surface area (Å²) in [6.07, 6.45) is 0. The molecule has 0 aliphatic heterocycles. The number of hydrogen-bond acceptors (Lipinski definition) is 4. The lowest BCUT2D eigenvalue weighted by molar-refractivity contribution is 0.669. The lowest BCUT2D eigenvalue weighted by Gasteiger charge is -2.09. The molecule has 2 aromatic heterocycles. The van der Waals surface area contributed by atoms with Gasteiger partial charge in [0.1, 0.15) is 11.2 Å². The van der Waals surface area contributed by atoms with E-state index in [1.54, 1.807) is 0 Å². The van der Waals surface area contributed by atoms with Crippen LogP contribution in [0.25, 0.3) is 89.5 Å². The molecule has 0 atom stereocenters. The average molecular weight is 628 g/mol. The molecule has 0 amide bonds. The number of rotatable bonds is 6. The third-order valence-electron chi connectivity index (χ3n) is 8.96. The molecule has 0 saturated carbocycles. The number of aromatic nitrogens is 3. The highest BCUT2D eigenvalue weighted by Gasteiger charge is 2.18. The molecule has 0 aliphatic rings. The van der Waals surface area contributed by atoms with Crippen molar-refractivity contribution >= 4 is 21.9 Å².